The Balaban J connectivity index is 2.05. The van der Waals surface area contributed by atoms with E-state index in [1.54, 1.807) is 0 Å². The molecule has 1 aliphatic carbocycles. The molecule has 0 atom stereocenters. The summed E-state index contributed by atoms with van der Waals surface area (Å²) in [5.74, 6) is -2.25. The van der Waals surface area contributed by atoms with Crippen LogP contribution in [0.1, 0.15) is 29.6 Å². The Labute approximate surface area is 114 Å². The number of hydrogen-bond acceptors (Lipinski definition) is 2. The fraction of sp³-hybridized carbons (Fsp3) is 0.385. The molecule has 1 amide bonds. The van der Waals surface area contributed by atoms with E-state index < -0.39 is 23.1 Å². The van der Waals surface area contributed by atoms with Gasteiger partial charge in [0.05, 0.1) is 11.0 Å². The Hall–Kier alpha value is -1.62. The average molecular weight is 286 g/mol. The van der Waals surface area contributed by atoms with Crippen LogP contribution in [-0.2, 0) is 4.79 Å². The van der Waals surface area contributed by atoms with Crippen molar-refractivity contribution in [3.8, 4) is 0 Å². The quantitative estimate of drug-likeness (QED) is 0.893. The van der Waals surface area contributed by atoms with Gasteiger partial charge in [-0.05, 0) is 31.0 Å². The van der Waals surface area contributed by atoms with Crippen molar-refractivity contribution in [3.63, 3.8) is 0 Å². The van der Waals surface area contributed by atoms with Crippen molar-refractivity contribution in [1.29, 1.82) is 0 Å². The van der Waals surface area contributed by atoms with Gasteiger partial charge < -0.3 is 10.4 Å². The molecule has 0 aliphatic heterocycles. The molecule has 1 aromatic carbocycles. The summed E-state index contributed by atoms with van der Waals surface area (Å²) in [7, 11) is 0. The van der Waals surface area contributed by atoms with Crippen LogP contribution in [0.3, 0.4) is 0 Å². The van der Waals surface area contributed by atoms with Gasteiger partial charge >= 0.3 is 5.97 Å². The molecule has 2 N–H and O–H groups in total. The van der Waals surface area contributed by atoms with E-state index in [1.165, 1.54) is 12.1 Å². The molecule has 0 aromatic heterocycles. The molecule has 4 nitrogen and oxygen atoms in total. The summed E-state index contributed by atoms with van der Waals surface area (Å²) in [6.07, 6.45) is 1.88. The van der Waals surface area contributed by atoms with Crippen molar-refractivity contribution in [3.05, 3.63) is 34.6 Å². The van der Waals surface area contributed by atoms with Crippen molar-refractivity contribution in [2.75, 3.05) is 6.54 Å². The van der Waals surface area contributed by atoms with E-state index in [-0.39, 0.29) is 17.1 Å². The van der Waals surface area contributed by atoms with E-state index in [2.05, 4.69) is 5.32 Å². The molecular formula is C13H13ClFNO3. The molecule has 0 saturated heterocycles. The number of carboxylic acid groups (broad SMARTS) is 1. The second-order valence-corrected chi connectivity index (χ2v) is 5.18. The molecule has 1 aliphatic rings. The third-order valence-corrected chi connectivity index (χ3v) is 3.76. The molecule has 2 rings (SSSR count). The number of rotatable bonds is 4. The molecule has 0 unspecified atom stereocenters. The predicted octanol–water partition coefficient (Wildman–Crippen LogP) is 2.46. The highest BCUT2D eigenvalue weighted by molar-refractivity contribution is 6.31. The molecule has 0 bridgehead atoms. The molecule has 0 radical (unpaired) electrons. The maximum atomic E-state index is 13.5. The third-order valence-electron chi connectivity index (χ3n) is 3.52. The van der Waals surface area contributed by atoms with Gasteiger partial charge in [0.15, 0.2) is 0 Å². The van der Waals surface area contributed by atoms with Gasteiger partial charge in [0, 0.05) is 11.6 Å². The lowest BCUT2D eigenvalue weighted by Crippen LogP contribution is -2.47. The fourth-order valence-electron chi connectivity index (χ4n) is 2.09. The van der Waals surface area contributed by atoms with Crippen LogP contribution in [0, 0.1) is 11.2 Å². The highest BCUT2D eigenvalue weighted by Gasteiger charge is 2.44. The minimum atomic E-state index is -0.925. The highest BCUT2D eigenvalue weighted by Crippen LogP contribution is 2.40. The average Bonchev–Trinajstić information content (AvgIpc) is 2.30. The number of carbonyl (C=O) groups excluding carboxylic acids is 1. The van der Waals surface area contributed by atoms with Crippen molar-refractivity contribution >= 4 is 23.5 Å². The summed E-state index contributed by atoms with van der Waals surface area (Å²) in [5, 5.41) is 11.8. The Bertz CT molecular complexity index is 529. The number of benzene rings is 1. The number of carbonyl (C=O) groups is 2. The van der Waals surface area contributed by atoms with E-state index in [1.807, 2.05) is 0 Å². The number of amides is 1. The maximum Gasteiger partial charge on any atom is 0.311 e. The van der Waals surface area contributed by atoms with Crippen molar-refractivity contribution in [2.45, 2.75) is 19.3 Å². The smallest absolute Gasteiger partial charge is 0.311 e. The summed E-state index contributed by atoms with van der Waals surface area (Å²) in [6.45, 7) is 0.00706. The first-order valence-electron chi connectivity index (χ1n) is 5.91. The normalized spacial score (nSPS) is 16.5. The second kappa shape index (κ2) is 5.17. The first-order valence-corrected chi connectivity index (χ1v) is 6.29. The molecule has 1 fully saturated rings. The Morgan fingerprint density at radius 1 is 1.42 bits per heavy atom. The fourth-order valence-corrected chi connectivity index (χ4v) is 2.26. The maximum absolute atomic E-state index is 13.5. The second-order valence-electron chi connectivity index (χ2n) is 4.75. The lowest BCUT2D eigenvalue weighted by Gasteiger charge is -2.37. The molecule has 1 aromatic rings. The Morgan fingerprint density at radius 3 is 2.63 bits per heavy atom. The molecule has 0 heterocycles. The number of nitrogens with one attached hydrogen (secondary N) is 1. The zero-order valence-corrected chi connectivity index (χ0v) is 10.8. The van der Waals surface area contributed by atoms with Crippen LogP contribution in [-0.4, -0.2) is 23.5 Å². The van der Waals surface area contributed by atoms with Crippen LogP contribution in [0.25, 0.3) is 0 Å². The SMILES string of the molecule is O=C(NCC1(C(=O)O)CCC1)c1cc(Cl)ccc1F. The predicted molar refractivity (Wildman–Crippen MR) is 67.7 cm³/mol. The van der Waals surface area contributed by atoms with Crippen molar-refractivity contribution in [2.24, 2.45) is 5.41 Å². The third kappa shape index (κ3) is 2.71. The van der Waals surface area contributed by atoms with Crippen LogP contribution in [0.5, 0.6) is 0 Å². The van der Waals surface area contributed by atoms with E-state index >= 15 is 0 Å². The van der Waals surface area contributed by atoms with Crippen LogP contribution in [0.15, 0.2) is 18.2 Å². The van der Waals surface area contributed by atoms with Crippen molar-refractivity contribution in [1.82, 2.24) is 5.32 Å². The molecule has 0 spiro atoms. The minimum Gasteiger partial charge on any atom is -0.481 e. The molecule has 19 heavy (non-hydrogen) atoms. The number of carboxylic acids is 1. The standard InChI is InChI=1S/C13H13ClFNO3/c14-8-2-3-10(15)9(6-8)11(17)16-7-13(12(18)19)4-1-5-13/h2-3,6H,1,4-5,7H2,(H,16,17)(H,18,19). The van der Waals surface area contributed by atoms with Gasteiger partial charge in [-0.2, -0.15) is 0 Å². The lowest BCUT2D eigenvalue weighted by atomic mass is 9.69. The number of halogens is 2. The van der Waals surface area contributed by atoms with Crippen LogP contribution in [0.2, 0.25) is 5.02 Å². The van der Waals surface area contributed by atoms with E-state index in [0.717, 1.165) is 12.5 Å². The van der Waals surface area contributed by atoms with Gasteiger partial charge in [-0.25, -0.2) is 4.39 Å². The van der Waals surface area contributed by atoms with Crippen LogP contribution >= 0.6 is 11.6 Å². The zero-order valence-electron chi connectivity index (χ0n) is 10.1. The van der Waals surface area contributed by atoms with E-state index in [4.69, 9.17) is 16.7 Å². The molecule has 6 heteroatoms. The van der Waals surface area contributed by atoms with Gasteiger partial charge in [-0.1, -0.05) is 18.0 Å². The molecule has 1 saturated carbocycles. The summed E-state index contributed by atoms with van der Waals surface area (Å²) >= 11 is 5.70. The van der Waals surface area contributed by atoms with Gasteiger partial charge in [0.25, 0.3) is 5.91 Å². The Morgan fingerprint density at radius 2 is 2.11 bits per heavy atom. The number of hydrogen-bond donors (Lipinski definition) is 2. The largest absolute Gasteiger partial charge is 0.481 e. The van der Waals surface area contributed by atoms with Gasteiger partial charge in [0.1, 0.15) is 5.82 Å². The summed E-state index contributed by atoms with van der Waals surface area (Å²) in [5.41, 5.74) is -1.07. The lowest BCUT2D eigenvalue weighted by molar-refractivity contribution is -0.153. The monoisotopic (exact) mass is 285 g/mol. The zero-order chi connectivity index (χ0) is 14.0. The molecule has 102 valence electrons. The van der Waals surface area contributed by atoms with Crippen molar-refractivity contribution < 1.29 is 19.1 Å². The number of aliphatic carboxylic acids is 1. The summed E-state index contributed by atoms with van der Waals surface area (Å²) < 4.78 is 13.5. The van der Waals surface area contributed by atoms with E-state index in [0.29, 0.717) is 12.8 Å². The first-order chi connectivity index (χ1) is 8.94. The van der Waals surface area contributed by atoms with Gasteiger partial charge in [-0.3, -0.25) is 9.59 Å². The van der Waals surface area contributed by atoms with Crippen LogP contribution < -0.4 is 5.32 Å². The minimum absolute atomic E-state index is 0.00706. The van der Waals surface area contributed by atoms with Crippen LogP contribution in [0.4, 0.5) is 4.39 Å². The molecular weight excluding hydrogens is 273 g/mol. The topological polar surface area (TPSA) is 66.4 Å². The highest BCUT2D eigenvalue weighted by atomic mass is 35.5. The summed E-state index contributed by atoms with van der Waals surface area (Å²) in [4.78, 5) is 23.0. The van der Waals surface area contributed by atoms with Gasteiger partial charge in [0.2, 0.25) is 0 Å². The van der Waals surface area contributed by atoms with E-state index in [9.17, 15) is 14.0 Å². The first kappa shape index (κ1) is 13.8. The van der Waals surface area contributed by atoms with Gasteiger partial charge in [-0.15, -0.1) is 0 Å². The summed E-state index contributed by atoms with van der Waals surface area (Å²) in [6, 6.07) is 3.67. The Kier molecular flexibility index (Phi) is 3.75.